The summed E-state index contributed by atoms with van der Waals surface area (Å²) in [5, 5.41) is 8.94. The van der Waals surface area contributed by atoms with Crippen LogP contribution in [-0.2, 0) is 4.79 Å². The number of nitrogens with zero attached hydrogens (tertiary/aromatic N) is 2. The van der Waals surface area contributed by atoms with Crippen molar-refractivity contribution in [3.8, 4) is 0 Å². The van der Waals surface area contributed by atoms with Gasteiger partial charge in [0.15, 0.2) is 0 Å². The Morgan fingerprint density at radius 1 is 1.79 bits per heavy atom. The SMILES string of the molecule is Cc1cnc(N2CCCC2C(=O)O)o1. The van der Waals surface area contributed by atoms with Crippen molar-refractivity contribution in [1.82, 2.24) is 4.98 Å². The fourth-order valence-electron chi connectivity index (χ4n) is 1.73. The van der Waals surface area contributed by atoms with E-state index >= 15 is 0 Å². The van der Waals surface area contributed by atoms with Crippen LogP contribution in [-0.4, -0.2) is 28.6 Å². The highest BCUT2D eigenvalue weighted by molar-refractivity contribution is 5.77. The molecule has 14 heavy (non-hydrogen) atoms. The van der Waals surface area contributed by atoms with E-state index in [1.807, 2.05) is 0 Å². The summed E-state index contributed by atoms with van der Waals surface area (Å²) >= 11 is 0. The predicted molar refractivity (Wildman–Crippen MR) is 49.2 cm³/mol. The van der Waals surface area contributed by atoms with Crippen LogP contribution in [0.1, 0.15) is 18.6 Å². The predicted octanol–water partition coefficient (Wildman–Crippen LogP) is 1.04. The third kappa shape index (κ3) is 1.45. The maximum atomic E-state index is 10.9. The molecule has 0 spiro atoms. The molecule has 1 saturated heterocycles. The summed E-state index contributed by atoms with van der Waals surface area (Å²) in [6.07, 6.45) is 3.14. The third-order valence-electron chi connectivity index (χ3n) is 2.39. The largest absolute Gasteiger partial charge is 0.480 e. The van der Waals surface area contributed by atoms with E-state index < -0.39 is 12.0 Å². The molecule has 1 aromatic rings. The van der Waals surface area contributed by atoms with Gasteiger partial charge < -0.3 is 14.4 Å². The third-order valence-corrected chi connectivity index (χ3v) is 2.39. The van der Waals surface area contributed by atoms with Gasteiger partial charge in [0.05, 0.1) is 6.20 Å². The van der Waals surface area contributed by atoms with Gasteiger partial charge in [0.25, 0.3) is 6.01 Å². The summed E-state index contributed by atoms with van der Waals surface area (Å²) in [5.74, 6) is -0.102. The van der Waals surface area contributed by atoms with E-state index in [2.05, 4.69) is 4.98 Å². The number of oxazole rings is 1. The zero-order valence-corrected chi connectivity index (χ0v) is 7.93. The molecular formula is C9H12N2O3. The van der Waals surface area contributed by atoms with Crippen LogP contribution in [0, 0.1) is 6.92 Å². The first-order chi connectivity index (χ1) is 6.68. The molecule has 1 aromatic heterocycles. The monoisotopic (exact) mass is 196 g/mol. The minimum absolute atomic E-state index is 0.424. The molecule has 1 fully saturated rings. The highest BCUT2D eigenvalue weighted by Gasteiger charge is 2.33. The molecule has 76 valence electrons. The second-order valence-corrected chi connectivity index (χ2v) is 3.44. The number of rotatable bonds is 2. The molecule has 1 unspecified atom stereocenters. The lowest BCUT2D eigenvalue weighted by molar-refractivity contribution is -0.138. The summed E-state index contributed by atoms with van der Waals surface area (Å²) in [6, 6.07) is -0.0551. The van der Waals surface area contributed by atoms with Crippen LogP contribution in [0.15, 0.2) is 10.6 Å². The number of hydrogen-bond donors (Lipinski definition) is 1. The normalized spacial score (nSPS) is 21.5. The average molecular weight is 196 g/mol. The summed E-state index contributed by atoms with van der Waals surface area (Å²) in [5.41, 5.74) is 0. The number of carbonyl (C=O) groups is 1. The Labute approximate surface area is 81.3 Å². The first kappa shape index (κ1) is 9.05. The minimum Gasteiger partial charge on any atom is -0.480 e. The van der Waals surface area contributed by atoms with E-state index in [9.17, 15) is 4.79 Å². The van der Waals surface area contributed by atoms with Crippen molar-refractivity contribution in [3.05, 3.63) is 12.0 Å². The second kappa shape index (κ2) is 3.32. The van der Waals surface area contributed by atoms with Gasteiger partial charge in [-0.25, -0.2) is 9.78 Å². The fraction of sp³-hybridized carbons (Fsp3) is 0.556. The van der Waals surface area contributed by atoms with Crippen molar-refractivity contribution in [2.45, 2.75) is 25.8 Å². The molecular weight excluding hydrogens is 184 g/mol. The molecule has 0 saturated carbocycles. The minimum atomic E-state index is -0.807. The first-order valence-corrected chi connectivity index (χ1v) is 4.60. The van der Waals surface area contributed by atoms with E-state index in [1.165, 1.54) is 0 Å². The molecule has 2 rings (SSSR count). The number of aromatic nitrogens is 1. The number of anilines is 1. The molecule has 2 heterocycles. The quantitative estimate of drug-likeness (QED) is 0.765. The molecule has 5 heteroatoms. The van der Waals surface area contributed by atoms with Crippen molar-refractivity contribution >= 4 is 12.0 Å². The molecule has 0 amide bonds. The zero-order valence-electron chi connectivity index (χ0n) is 7.93. The smallest absolute Gasteiger partial charge is 0.326 e. The van der Waals surface area contributed by atoms with Crippen LogP contribution >= 0.6 is 0 Å². The van der Waals surface area contributed by atoms with Gasteiger partial charge >= 0.3 is 5.97 Å². The Morgan fingerprint density at radius 3 is 3.14 bits per heavy atom. The van der Waals surface area contributed by atoms with Crippen molar-refractivity contribution in [1.29, 1.82) is 0 Å². The molecule has 0 radical (unpaired) electrons. The highest BCUT2D eigenvalue weighted by Crippen LogP contribution is 2.24. The van der Waals surface area contributed by atoms with Crippen LogP contribution in [0.25, 0.3) is 0 Å². The highest BCUT2D eigenvalue weighted by atomic mass is 16.4. The van der Waals surface area contributed by atoms with Crippen LogP contribution in [0.3, 0.4) is 0 Å². The van der Waals surface area contributed by atoms with Crippen molar-refractivity contribution < 1.29 is 14.3 Å². The Kier molecular flexibility index (Phi) is 2.15. The fourth-order valence-corrected chi connectivity index (χ4v) is 1.73. The Bertz CT molecular complexity index is 348. The van der Waals surface area contributed by atoms with Gasteiger partial charge in [-0.05, 0) is 19.8 Å². The van der Waals surface area contributed by atoms with Gasteiger partial charge in [0, 0.05) is 6.54 Å². The van der Waals surface area contributed by atoms with Crippen LogP contribution in [0.2, 0.25) is 0 Å². The molecule has 0 aromatic carbocycles. The van der Waals surface area contributed by atoms with Gasteiger partial charge in [-0.3, -0.25) is 0 Å². The van der Waals surface area contributed by atoms with Crippen molar-refractivity contribution in [2.75, 3.05) is 11.4 Å². The van der Waals surface area contributed by atoms with Gasteiger partial charge in [0.2, 0.25) is 0 Å². The molecule has 1 aliphatic heterocycles. The first-order valence-electron chi connectivity index (χ1n) is 4.60. The van der Waals surface area contributed by atoms with Gasteiger partial charge in [-0.2, -0.15) is 0 Å². The molecule has 1 atom stereocenters. The van der Waals surface area contributed by atoms with E-state index in [0.717, 1.165) is 6.42 Å². The van der Waals surface area contributed by atoms with Gasteiger partial charge in [-0.15, -0.1) is 0 Å². The number of aliphatic carboxylic acids is 1. The topological polar surface area (TPSA) is 66.6 Å². The van der Waals surface area contributed by atoms with Crippen LogP contribution < -0.4 is 4.90 Å². The average Bonchev–Trinajstić information content (AvgIpc) is 2.70. The lowest BCUT2D eigenvalue weighted by atomic mass is 10.2. The Morgan fingerprint density at radius 2 is 2.57 bits per heavy atom. The summed E-state index contributed by atoms with van der Waals surface area (Å²) < 4.78 is 5.30. The van der Waals surface area contributed by atoms with Crippen LogP contribution in [0.4, 0.5) is 6.01 Å². The van der Waals surface area contributed by atoms with E-state index in [1.54, 1.807) is 18.0 Å². The summed E-state index contributed by atoms with van der Waals surface area (Å²) in [4.78, 5) is 16.6. The number of carboxylic acid groups (broad SMARTS) is 1. The molecule has 0 bridgehead atoms. The molecule has 0 aliphatic carbocycles. The van der Waals surface area contributed by atoms with Gasteiger partial charge in [-0.1, -0.05) is 0 Å². The maximum Gasteiger partial charge on any atom is 0.326 e. The van der Waals surface area contributed by atoms with Crippen molar-refractivity contribution in [2.24, 2.45) is 0 Å². The lowest BCUT2D eigenvalue weighted by Crippen LogP contribution is -2.36. The maximum absolute atomic E-state index is 10.9. The van der Waals surface area contributed by atoms with E-state index in [0.29, 0.717) is 24.7 Å². The van der Waals surface area contributed by atoms with Crippen molar-refractivity contribution in [3.63, 3.8) is 0 Å². The standard InChI is InChI=1S/C9H12N2O3/c1-6-5-10-9(14-6)11-4-2-3-7(11)8(12)13/h5,7H,2-4H2,1H3,(H,12,13). The number of hydrogen-bond acceptors (Lipinski definition) is 4. The van der Waals surface area contributed by atoms with Crippen LogP contribution in [0.5, 0.6) is 0 Å². The second-order valence-electron chi connectivity index (χ2n) is 3.44. The van der Waals surface area contributed by atoms with E-state index in [-0.39, 0.29) is 0 Å². The summed E-state index contributed by atoms with van der Waals surface area (Å²) in [6.45, 7) is 2.50. The van der Waals surface area contributed by atoms with Gasteiger partial charge in [0.1, 0.15) is 11.8 Å². The lowest BCUT2D eigenvalue weighted by Gasteiger charge is -2.18. The Hall–Kier alpha value is -1.52. The zero-order chi connectivity index (χ0) is 10.1. The number of aryl methyl sites for hydroxylation is 1. The molecule has 1 N–H and O–H groups in total. The summed E-state index contributed by atoms with van der Waals surface area (Å²) in [7, 11) is 0. The van der Waals surface area contributed by atoms with E-state index in [4.69, 9.17) is 9.52 Å². The Balaban J connectivity index is 2.21. The molecule has 1 aliphatic rings. The molecule has 5 nitrogen and oxygen atoms in total. The number of carboxylic acids is 1.